The molecule has 0 amide bonds. The summed E-state index contributed by atoms with van der Waals surface area (Å²) in [6, 6.07) is 10.5. The number of hydrogen-bond acceptors (Lipinski definition) is 6. The Hall–Kier alpha value is -2.65. The van der Waals surface area contributed by atoms with Crippen molar-refractivity contribution in [2.45, 2.75) is 19.4 Å². The Balaban J connectivity index is 1.38. The molecular weight excluding hydrogens is 484 g/mol. The van der Waals surface area contributed by atoms with Gasteiger partial charge in [0.2, 0.25) is 5.88 Å². The zero-order valence-electron chi connectivity index (χ0n) is 19.1. The van der Waals surface area contributed by atoms with Gasteiger partial charge in [0.05, 0.1) is 6.61 Å². The van der Waals surface area contributed by atoms with E-state index in [1.54, 1.807) is 0 Å². The Kier molecular flexibility index (Phi) is 4.88. The molecule has 0 N–H and O–H groups in total. The Labute approximate surface area is 200 Å². The molecule has 9 heteroatoms. The third kappa shape index (κ3) is 3.49. The van der Waals surface area contributed by atoms with Gasteiger partial charge in [-0.2, -0.15) is 15.1 Å². The second kappa shape index (κ2) is 7.70. The second-order valence-corrected chi connectivity index (χ2v) is 10.3. The van der Waals surface area contributed by atoms with Crippen molar-refractivity contribution in [3.63, 3.8) is 0 Å². The molecule has 1 aliphatic heterocycles. The van der Waals surface area contributed by atoms with Crippen LogP contribution in [-0.2, 0) is 20.7 Å². The van der Waals surface area contributed by atoms with Crippen LogP contribution in [0.5, 0.6) is 11.9 Å². The van der Waals surface area contributed by atoms with Crippen LogP contribution in [-0.4, -0.2) is 56.0 Å². The summed E-state index contributed by atoms with van der Waals surface area (Å²) < 4.78 is 17.1. The Morgan fingerprint density at radius 1 is 1.09 bits per heavy atom. The van der Waals surface area contributed by atoms with Crippen molar-refractivity contribution in [3.8, 4) is 11.9 Å². The first kappa shape index (κ1) is 20.9. The van der Waals surface area contributed by atoms with Gasteiger partial charge in [0.15, 0.2) is 10.3 Å². The van der Waals surface area contributed by atoms with E-state index < -0.39 is 0 Å². The minimum atomic E-state index is 0.238. The summed E-state index contributed by atoms with van der Waals surface area (Å²) >= 11 is 3.59. The molecule has 1 aliphatic carbocycles. The fourth-order valence-corrected chi connectivity index (χ4v) is 6.07. The maximum absolute atomic E-state index is 6.27. The van der Waals surface area contributed by atoms with Crippen molar-refractivity contribution in [3.05, 3.63) is 40.5 Å². The summed E-state index contributed by atoms with van der Waals surface area (Å²) in [7, 11) is 6.10. The molecule has 0 bridgehead atoms. The predicted octanol–water partition coefficient (Wildman–Crippen LogP) is 3.92. The van der Waals surface area contributed by atoms with Crippen LogP contribution in [0.3, 0.4) is 0 Å². The van der Waals surface area contributed by atoms with E-state index in [0.717, 1.165) is 44.7 Å². The quantitative estimate of drug-likeness (QED) is 0.391. The summed E-state index contributed by atoms with van der Waals surface area (Å²) in [4.78, 5) is 12.0. The largest absolute Gasteiger partial charge is 0.472 e. The number of halogens is 1. The number of fused-ring (bicyclic) bond motifs is 4. The zero-order chi connectivity index (χ0) is 22.7. The molecular formula is C24H27BrN6O2. The summed E-state index contributed by atoms with van der Waals surface area (Å²) in [5, 5.41) is 5.37. The Morgan fingerprint density at radius 3 is 2.73 bits per heavy atom. The molecule has 4 aromatic rings. The Morgan fingerprint density at radius 2 is 1.91 bits per heavy atom. The van der Waals surface area contributed by atoms with Crippen LogP contribution in [0.25, 0.3) is 22.1 Å². The van der Waals surface area contributed by atoms with Gasteiger partial charge in [-0.1, -0.05) is 30.3 Å². The number of hydrogen-bond donors (Lipinski definition) is 0. The molecule has 2 unspecified atom stereocenters. The number of benzene rings is 1. The van der Waals surface area contributed by atoms with Gasteiger partial charge in [0.1, 0.15) is 23.0 Å². The molecule has 33 heavy (non-hydrogen) atoms. The monoisotopic (exact) mass is 510 g/mol. The van der Waals surface area contributed by atoms with E-state index in [1.165, 1.54) is 19.4 Å². The van der Waals surface area contributed by atoms with Gasteiger partial charge in [0, 0.05) is 26.1 Å². The van der Waals surface area contributed by atoms with Crippen LogP contribution >= 0.6 is 15.9 Å². The number of nitrogens with zero attached hydrogens (tertiary/aromatic N) is 6. The molecule has 3 aromatic heterocycles. The summed E-state index contributed by atoms with van der Waals surface area (Å²) in [5.41, 5.74) is 3.98. The van der Waals surface area contributed by atoms with Crippen molar-refractivity contribution in [2.24, 2.45) is 25.4 Å². The standard InChI is InChI=1S/C24H27BrN6O2/c1-29-10-9-16-11-24(16,13-29)14-33-23-26-21-17(18-19(30(21)2)20(25)28-31(18)3)22(27-23)32-12-15-7-5-4-6-8-15/h4-8,16H,9-14H2,1-3H3. The first-order valence-electron chi connectivity index (χ1n) is 11.3. The second-order valence-electron chi connectivity index (χ2n) is 9.53. The highest BCUT2D eigenvalue weighted by molar-refractivity contribution is 9.10. The average Bonchev–Trinajstić information content (AvgIpc) is 3.33. The van der Waals surface area contributed by atoms with Crippen molar-refractivity contribution in [1.82, 2.24) is 29.2 Å². The normalized spacial score (nSPS) is 22.6. The van der Waals surface area contributed by atoms with Gasteiger partial charge in [-0.3, -0.25) is 4.68 Å². The lowest BCUT2D eigenvalue weighted by Gasteiger charge is -2.29. The molecule has 1 saturated heterocycles. The summed E-state index contributed by atoms with van der Waals surface area (Å²) in [6.45, 7) is 3.30. The van der Waals surface area contributed by atoms with E-state index in [1.807, 2.05) is 53.7 Å². The topological polar surface area (TPSA) is 70.2 Å². The third-order valence-electron chi connectivity index (χ3n) is 7.22. The molecule has 2 atom stereocenters. The molecule has 8 nitrogen and oxygen atoms in total. The molecule has 4 heterocycles. The molecule has 6 rings (SSSR count). The highest BCUT2D eigenvalue weighted by Gasteiger charge is 2.56. The molecule has 1 saturated carbocycles. The first-order valence-corrected chi connectivity index (χ1v) is 12.1. The lowest BCUT2D eigenvalue weighted by atomic mass is 9.99. The lowest BCUT2D eigenvalue weighted by Crippen LogP contribution is -2.37. The molecule has 2 aliphatic rings. The van der Waals surface area contributed by atoms with Gasteiger partial charge in [-0.15, -0.1) is 0 Å². The molecule has 0 spiro atoms. The van der Waals surface area contributed by atoms with Crippen LogP contribution in [0.1, 0.15) is 18.4 Å². The maximum atomic E-state index is 6.27. The van der Waals surface area contributed by atoms with Crippen LogP contribution < -0.4 is 9.47 Å². The zero-order valence-corrected chi connectivity index (χ0v) is 20.7. The van der Waals surface area contributed by atoms with Crippen molar-refractivity contribution in [1.29, 1.82) is 0 Å². The van der Waals surface area contributed by atoms with E-state index in [4.69, 9.17) is 19.4 Å². The number of aromatic nitrogens is 5. The van der Waals surface area contributed by atoms with E-state index in [9.17, 15) is 0 Å². The van der Waals surface area contributed by atoms with Gasteiger partial charge in [0.25, 0.3) is 0 Å². The van der Waals surface area contributed by atoms with Gasteiger partial charge in [-0.05, 0) is 53.8 Å². The number of ether oxygens (including phenoxy) is 2. The van der Waals surface area contributed by atoms with E-state index in [-0.39, 0.29) is 5.41 Å². The predicted molar refractivity (Wildman–Crippen MR) is 129 cm³/mol. The molecule has 1 aromatic carbocycles. The van der Waals surface area contributed by atoms with Crippen molar-refractivity contribution >= 4 is 38.0 Å². The average molecular weight is 511 g/mol. The van der Waals surface area contributed by atoms with E-state index in [0.29, 0.717) is 25.1 Å². The lowest BCUT2D eigenvalue weighted by molar-refractivity contribution is 0.128. The van der Waals surface area contributed by atoms with Crippen LogP contribution in [0.15, 0.2) is 34.9 Å². The highest BCUT2D eigenvalue weighted by Crippen LogP contribution is 2.57. The molecule has 0 radical (unpaired) electrons. The minimum Gasteiger partial charge on any atom is -0.472 e. The SMILES string of the molecule is CN1CCC2CC2(COc2nc(OCc3ccccc3)c3c4c(c(Br)nn4C)n(C)c3n2)C1. The van der Waals surface area contributed by atoms with Gasteiger partial charge >= 0.3 is 6.01 Å². The molecule has 172 valence electrons. The number of likely N-dealkylation sites (tertiary alicyclic amines) is 1. The summed E-state index contributed by atoms with van der Waals surface area (Å²) in [5.74, 6) is 1.27. The van der Waals surface area contributed by atoms with E-state index in [2.05, 4.69) is 33.0 Å². The van der Waals surface area contributed by atoms with Gasteiger partial charge < -0.3 is 18.9 Å². The maximum Gasteiger partial charge on any atom is 0.321 e. The summed E-state index contributed by atoms with van der Waals surface area (Å²) in [6.07, 6.45) is 2.47. The van der Waals surface area contributed by atoms with Crippen LogP contribution in [0.2, 0.25) is 0 Å². The van der Waals surface area contributed by atoms with Crippen LogP contribution in [0, 0.1) is 11.3 Å². The third-order valence-corrected chi connectivity index (χ3v) is 7.75. The smallest absolute Gasteiger partial charge is 0.321 e. The minimum absolute atomic E-state index is 0.238. The Bertz CT molecular complexity index is 1350. The fourth-order valence-electron chi connectivity index (χ4n) is 5.38. The van der Waals surface area contributed by atoms with E-state index >= 15 is 0 Å². The number of rotatable bonds is 6. The molecule has 2 fully saturated rings. The van der Waals surface area contributed by atoms with Crippen LogP contribution in [0.4, 0.5) is 0 Å². The van der Waals surface area contributed by atoms with Crippen molar-refractivity contribution < 1.29 is 9.47 Å². The number of aryl methyl sites for hydroxylation is 2. The van der Waals surface area contributed by atoms with Gasteiger partial charge in [-0.25, -0.2) is 0 Å². The van der Waals surface area contributed by atoms with Crippen molar-refractivity contribution in [2.75, 3.05) is 26.7 Å². The first-order chi connectivity index (χ1) is 15.9. The fraction of sp³-hybridized carbons (Fsp3) is 0.458. The highest BCUT2D eigenvalue weighted by atomic mass is 79.9. The number of piperidine rings is 1.